The Bertz CT molecular complexity index is 636. The molecule has 2 fully saturated rings. The van der Waals surface area contributed by atoms with E-state index in [1.807, 2.05) is 88.1 Å². The molecule has 2 N–H and O–H groups in total. The summed E-state index contributed by atoms with van der Waals surface area (Å²) in [4.78, 5) is 0. The Hall–Kier alpha value is -1.44. The Morgan fingerprint density at radius 1 is 0.615 bits per heavy atom. The molecule has 0 aromatic heterocycles. The summed E-state index contributed by atoms with van der Waals surface area (Å²) < 4.78 is 0. The molecule has 26 heavy (non-hydrogen) atoms. The van der Waals surface area contributed by atoms with Gasteiger partial charge >= 0.3 is 17.1 Å². The first kappa shape index (κ1) is 20.9. The second kappa shape index (κ2) is 10.6. The number of benzene rings is 2. The van der Waals surface area contributed by atoms with Crippen molar-refractivity contribution in [3.63, 3.8) is 0 Å². The molecular weight excluding hydrogens is 364 g/mol. The van der Waals surface area contributed by atoms with Crippen LogP contribution in [0.5, 0.6) is 11.5 Å². The van der Waals surface area contributed by atoms with Gasteiger partial charge in [0, 0.05) is 11.5 Å². The van der Waals surface area contributed by atoms with Crippen molar-refractivity contribution in [1.29, 1.82) is 0 Å². The van der Waals surface area contributed by atoms with Gasteiger partial charge in [-0.05, 0) is 87.5 Å². The number of phenolic OH excluding ortho intramolecular Hbond substituents is 2. The van der Waals surface area contributed by atoms with Crippen LogP contribution in [0.3, 0.4) is 0 Å². The smallest absolute Gasteiger partial charge is 0.508 e. The van der Waals surface area contributed by atoms with Crippen LogP contribution in [0.2, 0.25) is 0 Å². The van der Waals surface area contributed by atoms with Crippen LogP contribution in [0.15, 0.2) is 48.5 Å². The van der Waals surface area contributed by atoms with Gasteiger partial charge in [0.2, 0.25) is 0 Å². The number of rotatable bonds is 3. The standard InChI is InChI=1S/C18H15O2.C5H5.Fe/c19-15-11-9-14(10-12-15)18(13-5-1-2-6-13)16-7-3-4-8-17(16)20;1-2-4-5-3-1;/h1-12,18-20H;1-5H;/q;;+2. The summed E-state index contributed by atoms with van der Waals surface area (Å²) in [5.41, 5.74) is 1.90. The first-order valence-electron chi connectivity index (χ1n) is 8.21. The summed E-state index contributed by atoms with van der Waals surface area (Å²) in [5.74, 6) is 1.61. The summed E-state index contributed by atoms with van der Waals surface area (Å²) in [7, 11) is 0. The summed E-state index contributed by atoms with van der Waals surface area (Å²) in [6, 6.07) is 14.5. The van der Waals surface area contributed by atoms with E-state index >= 15 is 0 Å². The molecule has 130 valence electrons. The maximum Gasteiger partial charge on any atom is 2.00 e. The first-order chi connectivity index (χ1) is 12.3. The van der Waals surface area contributed by atoms with Gasteiger partial charge in [0.15, 0.2) is 0 Å². The van der Waals surface area contributed by atoms with Crippen molar-refractivity contribution < 1.29 is 27.3 Å². The molecule has 1 atom stereocenters. The molecule has 2 aliphatic carbocycles. The van der Waals surface area contributed by atoms with E-state index in [2.05, 4.69) is 0 Å². The zero-order valence-electron chi connectivity index (χ0n) is 14.1. The SMILES string of the molecule is Oc1ccc(C([C]2[CH][CH][CH][CH]2)c2ccccc2O)cc1.[CH]1[CH][CH][CH][CH]1.[Fe+2]. The quantitative estimate of drug-likeness (QED) is 0.757. The van der Waals surface area contributed by atoms with Gasteiger partial charge in [-0.15, -0.1) is 0 Å². The molecule has 0 amide bonds. The van der Waals surface area contributed by atoms with E-state index in [0.717, 1.165) is 17.0 Å². The van der Waals surface area contributed by atoms with Gasteiger partial charge in [-0.2, -0.15) is 0 Å². The summed E-state index contributed by atoms with van der Waals surface area (Å²) in [6.45, 7) is 0. The molecule has 1 unspecified atom stereocenters. The fourth-order valence-electron chi connectivity index (χ4n) is 2.85. The third-order valence-electron chi connectivity index (χ3n) is 4.05. The third-order valence-corrected chi connectivity index (χ3v) is 4.05. The van der Waals surface area contributed by atoms with Crippen molar-refractivity contribution in [1.82, 2.24) is 0 Å². The summed E-state index contributed by atoms with van der Waals surface area (Å²) in [5, 5.41) is 19.6. The molecular formula is C23H20FeO2+2. The summed E-state index contributed by atoms with van der Waals surface area (Å²) >= 11 is 0. The maximum atomic E-state index is 10.1. The van der Waals surface area contributed by atoms with Gasteiger partial charge in [0.05, 0.1) is 0 Å². The van der Waals surface area contributed by atoms with Gasteiger partial charge in [0.25, 0.3) is 0 Å². The van der Waals surface area contributed by atoms with Gasteiger partial charge in [-0.3, -0.25) is 0 Å². The predicted molar refractivity (Wildman–Crippen MR) is 100.0 cm³/mol. The van der Waals surface area contributed by atoms with E-state index in [9.17, 15) is 10.2 Å². The molecule has 10 radical (unpaired) electrons. The predicted octanol–water partition coefficient (Wildman–Crippen LogP) is 4.65. The molecule has 2 aromatic rings. The molecule has 0 bridgehead atoms. The minimum absolute atomic E-state index is 0. The number of hydrogen-bond acceptors (Lipinski definition) is 2. The Morgan fingerprint density at radius 3 is 1.69 bits per heavy atom. The summed E-state index contributed by atoms with van der Waals surface area (Å²) in [6.07, 6.45) is 18.1. The second-order valence-electron chi connectivity index (χ2n) is 5.76. The fourth-order valence-corrected chi connectivity index (χ4v) is 2.85. The molecule has 2 saturated carbocycles. The van der Waals surface area contributed by atoms with Crippen molar-refractivity contribution in [2.45, 2.75) is 5.92 Å². The van der Waals surface area contributed by atoms with Gasteiger partial charge < -0.3 is 10.2 Å². The molecule has 0 spiro atoms. The minimum Gasteiger partial charge on any atom is -0.508 e. The molecule has 3 heteroatoms. The van der Waals surface area contributed by atoms with Crippen LogP contribution in [0.4, 0.5) is 0 Å². The van der Waals surface area contributed by atoms with Crippen LogP contribution >= 0.6 is 0 Å². The maximum absolute atomic E-state index is 10.1. The number of hydrogen-bond donors (Lipinski definition) is 2. The molecule has 0 aliphatic heterocycles. The van der Waals surface area contributed by atoms with Crippen molar-refractivity contribution in [2.24, 2.45) is 0 Å². The Labute approximate surface area is 168 Å². The Kier molecular flexibility index (Phi) is 8.54. The van der Waals surface area contributed by atoms with Crippen molar-refractivity contribution in [2.75, 3.05) is 0 Å². The van der Waals surface area contributed by atoms with Crippen molar-refractivity contribution in [3.05, 3.63) is 123 Å². The number of phenols is 2. The van der Waals surface area contributed by atoms with Crippen LogP contribution in [0.25, 0.3) is 0 Å². The topological polar surface area (TPSA) is 40.5 Å². The van der Waals surface area contributed by atoms with E-state index in [4.69, 9.17) is 0 Å². The molecule has 0 saturated heterocycles. The van der Waals surface area contributed by atoms with E-state index in [1.165, 1.54) is 0 Å². The average molecular weight is 384 g/mol. The number of aromatic hydroxyl groups is 2. The van der Waals surface area contributed by atoms with Crippen LogP contribution in [-0.4, -0.2) is 10.2 Å². The third kappa shape index (κ3) is 5.53. The Balaban J connectivity index is 0.000000351. The second-order valence-corrected chi connectivity index (χ2v) is 5.76. The van der Waals surface area contributed by atoms with E-state index in [1.54, 1.807) is 18.2 Å². The molecule has 2 aliphatic rings. The Morgan fingerprint density at radius 2 is 1.15 bits per heavy atom. The van der Waals surface area contributed by atoms with E-state index in [-0.39, 0.29) is 34.5 Å². The van der Waals surface area contributed by atoms with Crippen molar-refractivity contribution in [3.8, 4) is 11.5 Å². The van der Waals surface area contributed by atoms with Crippen molar-refractivity contribution >= 4 is 0 Å². The molecule has 2 aromatic carbocycles. The average Bonchev–Trinajstić information content (AvgIpc) is 3.35. The van der Waals surface area contributed by atoms with E-state index < -0.39 is 0 Å². The van der Waals surface area contributed by atoms with Crippen LogP contribution in [-0.2, 0) is 17.1 Å². The van der Waals surface area contributed by atoms with Gasteiger partial charge in [-0.1, -0.05) is 30.3 Å². The van der Waals surface area contributed by atoms with Crippen LogP contribution in [0.1, 0.15) is 17.0 Å². The monoisotopic (exact) mass is 384 g/mol. The zero-order valence-corrected chi connectivity index (χ0v) is 15.2. The zero-order chi connectivity index (χ0) is 17.5. The molecule has 4 rings (SSSR count). The van der Waals surface area contributed by atoms with Gasteiger partial charge in [0.1, 0.15) is 11.5 Å². The van der Waals surface area contributed by atoms with Crippen LogP contribution < -0.4 is 0 Å². The number of para-hydroxylation sites is 1. The molecule has 2 nitrogen and oxygen atoms in total. The van der Waals surface area contributed by atoms with E-state index in [0.29, 0.717) is 0 Å². The largest absolute Gasteiger partial charge is 2.00 e. The fraction of sp³-hybridized carbons (Fsp3) is 0.0435. The minimum atomic E-state index is -0.0354. The normalized spacial score (nSPS) is 17.8. The van der Waals surface area contributed by atoms with Gasteiger partial charge in [-0.25, -0.2) is 0 Å². The van der Waals surface area contributed by atoms with Crippen LogP contribution in [0, 0.1) is 63.7 Å². The first-order valence-corrected chi connectivity index (χ1v) is 8.21. The molecule has 0 heterocycles.